The Bertz CT molecular complexity index is 352. The van der Waals surface area contributed by atoms with Crippen molar-refractivity contribution in [1.29, 1.82) is 0 Å². The molecule has 1 fully saturated rings. The van der Waals surface area contributed by atoms with Crippen molar-refractivity contribution < 1.29 is 14.3 Å². The van der Waals surface area contributed by atoms with Crippen molar-refractivity contribution in [2.24, 2.45) is 5.73 Å². The van der Waals surface area contributed by atoms with E-state index in [4.69, 9.17) is 10.5 Å². The Balaban J connectivity index is 2.47. The Labute approximate surface area is 121 Å². The van der Waals surface area contributed by atoms with Crippen molar-refractivity contribution in [3.63, 3.8) is 0 Å². The van der Waals surface area contributed by atoms with Crippen LogP contribution in [-0.4, -0.2) is 47.7 Å². The molecule has 6 heteroatoms. The van der Waals surface area contributed by atoms with Gasteiger partial charge in [-0.1, -0.05) is 0 Å². The van der Waals surface area contributed by atoms with Crippen molar-refractivity contribution in [2.75, 3.05) is 13.1 Å². The second-order valence-electron chi connectivity index (χ2n) is 6.39. The molecule has 0 spiro atoms. The van der Waals surface area contributed by atoms with E-state index in [2.05, 4.69) is 5.32 Å². The van der Waals surface area contributed by atoms with Gasteiger partial charge in [0.2, 0.25) is 5.91 Å². The Hall–Kier alpha value is -1.30. The lowest BCUT2D eigenvalue weighted by molar-refractivity contribution is -0.119. The number of carbonyl (C=O) groups excluding carboxylic acids is 2. The van der Waals surface area contributed by atoms with Gasteiger partial charge in [0.15, 0.2) is 0 Å². The molecule has 0 aromatic heterocycles. The van der Waals surface area contributed by atoms with E-state index in [1.165, 1.54) is 0 Å². The maximum absolute atomic E-state index is 12.0. The molecule has 2 unspecified atom stereocenters. The second-order valence-corrected chi connectivity index (χ2v) is 6.39. The number of hydrogen-bond acceptors (Lipinski definition) is 4. The van der Waals surface area contributed by atoms with Gasteiger partial charge in [-0.25, -0.2) is 4.79 Å². The van der Waals surface area contributed by atoms with E-state index >= 15 is 0 Å². The van der Waals surface area contributed by atoms with Crippen LogP contribution in [0.1, 0.15) is 47.0 Å². The van der Waals surface area contributed by atoms with Crippen LogP contribution in [0.15, 0.2) is 0 Å². The van der Waals surface area contributed by atoms with Crippen LogP contribution in [0, 0.1) is 0 Å². The van der Waals surface area contributed by atoms with Crippen LogP contribution in [0.4, 0.5) is 4.79 Å². The number of hydrogen-bond donors (Lipinski definition) is 2. The highest BCUT2D eigenvalue weighted by molar-refractivity contribution is 5.79. The quantitative estimate of drug-likeness (QED) is 0.817. The second kappa shape index (κ2) is 6.92. The minimum atomic E-state index is -0.471. The van der Waals surface area contributed by atoms with E-state index < -0.39 is 5.60 Å². The molecule has 116 valence electrons. The molecule has 1 rings (SSSR count). The van der Waals surface area contributed by atoms with E-state index in [1.807, 2.05) is 20.8 Å². The average Bonchev–Trinajstić information content (AvgIpc) is 2.52. The first kappa shape index (κ1) is 16.8. The van der Waals surface area contributed by atoms with Crippen LogP contribution in [-0.2, 0) is 9.53 Å². The van der Waals surface area contributed by atoms with Gasteiger partial charge in [0, 0.05) is 19.1 Å². The van der Waals surface area contributed by atoms with Crippen LogP contribution >= 0.6 is 0 Å². The molecule has 0 aromatic carbocycles. The maximum Gasteiger partial charge on any atom is 0.410 e. The van der Waals surface area contributed by atoms with E-state index in [9.17, 15) is 9.59 Å². The first-order valence-corrected chi connectivity index (χ1v) is 7.22. The standard InChI is InChI=1S/C14H27N3O3/c1-10(12(15)18)16-11-6-5-8-17(9-7-11)13(19)20-14(2,3)4/h10-11,16H,5-9H2,1-4H3,(H2,15,18). The summed E-state index contributed by atoms with van der Waals surface area (Å²) >= 11 is 0. The first-order chi connectivity index (χ1) is 9.19. The van der Waals surface area contributed by atoms with Gasteiger partial charge in [0.25, 0.3) is 0 Å². The summed E-state index contributed by atoms with van der Waals surface area (Å²) < 4.78 is 5.38. The summed E-state index contributed by atoms with van der Waals surface area (Å²) in [6.45, 7) is 8.68. The highest BCUT2D eigenvalue weighted by Gasteiger charge is 2.26. The molecule has 3 N–H and O–H groups in total. The molecule has 0 aliphatic carbocycles. The smallest absolute Gasteiger partial charge is 0.410 e. The van der Waals surface area contributed by atoms with E-state index in [-0.39, 0.29) is 24.1 Å². The fourth-order valence-corrected chi connectivity index (χ4v) is 2.21. The molecule has 20 heavy (non-hydrogen) atoms. The van der Waals surface area contributed by atoms with Gasteiger partial charge in [-0.15, -0.1) is 0 Å². The van der Waals surface area contributed by atoms with Crippen LogP contribution in [0.25, 0.3) is 0 Å². The van der Waals surface area contributed by atoms with E-state index in [1.54, 1.807) is 11.8 Å². The fraction of sp³-hybridized carbons (Fsp3) is 0.857. The molecular weight excluding hydrogens is 258 g/mol. The highest BCUT2D eigenvalue weighted by atomic mass is 16.6. The van der Waals surface area contributed by atoms with Crippen LogP contribution in [0.2, 0.25) is 0 Å². The Morgan fingerprint density at radius 3 is 2.50 bits per heavy atom. The molecule has 0 saturated carbocycles. The normalized spacial score (nSPS) is 22.0. The monoisotopic (exact) mass is 285 g/mol. The molecule has 1 heterocycles. The molecule has 0 aromatic rings. The first-order valence-electron chi connectivity index (χ1n) is 7.22. The van der Waals surface area contributed by atoms with Crippen LogP contribution < -0.4 is 11.1 Å². The third-order valence-corrected chi connectivity index (χ3v) is 3.29. The molecule has 1 aliphatic heterocycles. The third-order valence-electron chi connectivity index (χ3n) is 3.29. The number of nitrogens with one attached hydrogen (secondary N) is 1. The number of likely N-dealkylation sites (tertiary alicyclic amines) is 1. The summed E-state index contributed by atoms with van der Waals surface area (Å²) in [5, 5.41) is 3.21. The van der Waals surface area contributed by atoms with Crippen LogP contribution in [0.3, 0.4) is 0 Å². The molecule has 6 nitrogen and oxygen atoms in total. The summed E-state index contributed by atoms with van der Waals surface area (Å²) in [4.78, 5) is 24.8. The largest absolute Gasteiger partial charge is 0.444 e. The zero-order chi connectivity index (χ0) is 15.3. The number of carbonyl (C=O) groups is 2. The maximum atomic E-state index is 12.0. The number of ether oxygens (including phenoxy) is 1. The van der Waals surface area contributed by atoms with Gasteiger partial charge in [0.1, 0.15) is 5.60 Å². The zero-order valence-electron chi connectivity index (χ0n) is 12.9. The topological polar surface area (TPSA) is 84.7 Å². The predicted octanol–water partition coefficient (Wildman–Crippen LogP) is 1.24. The number of nitrogens with zero attached hydrogens (tertiary/aromatic N) is 1. The lowest BCUT2D eigenvalue weighted by Crippen LogP contribution is -2.45. The average molecular weight is 285 g/mol. The third kappa shape index (κ3) is 5.77. The molecule has 1 saturated heterocycles. The Morgan fingerprint density at radius 2 is 1.95 bits per heavy atom. The summed E-state index contributed by atoms with van der Waals surface area (Å²) in [7, 11) is 0. The molecule has 0 radical (unpaired) electrons. The van der Waals surface area contributed by atoms with Crippen LogP contribution in [0.5, 0.6) is 0 Å². The minimum Gasteiger partial charge on any atom is -0.444 e. The lowest BCUT2D eigenvalue weighted by atomic mass is 10.1. The lowest BCUT2D eigenvalue weighted by Gasteiger charge is -2.26. The number of nitrogens with two attached hydrogens (primary N) is 1. The predicted molar refractivity (Wildman–Crippen MR) is 77.2 cm³/mol. The van der Waals surface area contributed by atoms with Gasteiger partial charge in [0.05, 0.1) is 6.04 Å². The van der Waals surface area contributed by atoms with Crippen molar-refractivity contribution >= 4 is 12.0 Å². The number of primary amides is 1. The molecule has 2 atom stereocenters. The molecule has 0 bridgehead atoms. The minimum absolute atomic E-state index is 0.213. The van der Waals surface area contributed by atoms with Crippen molar-refractivity contribution in [3.05, 3.63) is 0 Å². The van der Waals surface area contributed by atoms with Gasteiger partial charge in [-0.3, -0.25) is 4.79 Å². The Morgan fingerprint density at radius 1 is 1.30 bits per heavy atom. The summed E-state index contributed by atoms with van der Waals surface area (Å²) in [5.74, 6) is -0.349. The van der Waals surface area contributed by atoms with Gasteiger partial charge in [-0.05, 0) is 47.0 Å². The van der Waals surface area contributed by atoms with E-state index in [0.717, 1.165) is 19.3 Å². The van der Waals surface area contributed by atoms with E-state index in [0.29, 0.717) is 13.1 Å². The summed E-state index contributed by atoms with van der Waals surface area (Å²) in [6, 6.07) is -0.127. The zero-order valence-corrected chi connectivity index (χ0v) is 12.9. The summed E-state index contributed by atoms with van der Waals surface area (Å²) in [6.07, 6.45) is 2.36. The van der Waals surface area contributed by atoms with Crippen molar-refractivity contribution in [2.45, 2.75) is 64.6 Å². The molecule has 1 aliphatic rings. The van der Waals surface area contributed by atoms with Gasteiger partial charge in [-0.2, -0.15) is 0 Å². The number of rotatable bonds is 3. The molecule has 2 amide bonds. The van der Waals surface area contributed by atoms with Gasteiger partial charge >= 0.3 is 6.09 Å². The molecular formula is C14H27N3O3. The van der Waals surface area contributed by atoms with Crippen molar-refractivity contribution in [1.82, 2.24) is 10.2 Å². The fourth-order valence-electron chi connectivity index (χ4n) is 2.21. The SMILES string of the molecule is CC(NC1CCCN(C(=O)OC(C)(C)C)CC1)C(N)=O. The van der Waals surface area contributed by atoms with Crippen molar-refractivity contribution in [3.8, 4) is 0 Å². The Kier molecular flexibility index (Phi) is 5.80. The van der Waals surface area contributed by atoms with Gasteiger partial charge < -0.3 is 20.7 Å². The highest BCUT2D eigenvalue weighted by Crippen LogP contribution is 2.15. The summed E-state index contributed by atoms with van der Waals surface area (Å²) in [5.41, 5.74) is 4.78. The number of amides is 2.